The van der Waals surface area contributed by atoms with Gasteiger partial charge in [0.15, 0.2) is 0 Å². The summed E-state index contributed by atoms with van der Waals surface area (Å²) in [5.41, 5.74) is 3.23. The van der Waals surface area contributed by atoms with Crippen LogP contribution in [0.1, 0.15) is 16.8 Å². The number of benzene rings is 1. The van der Waals surface area contributed by atoms with E-state index in [-0.39, 0.29) is 0 Å². The maximum atomic E-state index is 13.9. The second-order valence-electron chi connectivity index (χ2n) is 6.68. The van der Waals surface area contributed by atoms with Gasteiger partial charge in [-0.1, -0.05) is 0 Å². The van der Waals surface area contributed by atoms with Crippen molar-refractivity contribution >= 4 is 5.91 Å². The average molecular weight is 386 g/mol. The van der Waals surface area contributed by atoms with Crippen LogP contribution in [0.3, 0.4) is 0 Å². The summed E-state index contributed by atoms with van der Waals surface area (Å²) in [4.78, 5) is 18.3. The third kappa shape index (κ3) is 3.49. The summed E-state index contributed by atoms with van der Waals surface area (Å²) in [5.74, 6) is -3.50. The van der Waals surface area contributed by atoms with Crippen molar-refractivity contribution in [2.24, 2.45) is 0 Å². The number of pyridine rings is 1. The molecule has 5 nitrogen and oxygen atoms in total. The molecule has 4 rings (SSSR count). The van der Waals surface area contributed by atoms with Gasteiger partial charge in [-0.2, -0.15) is 5.10 Å². The minimum atomic E-state index is -1.05. The fourth-order valence-corrected chi connectivity index (χ4v) is 3.48. The van der Waals surface area contributed by atoms with Crippen molar-refractivity contribution in [3.05, 3.63) is 70.9 Å². The van der Waals surface area contributed by atoms with E-state index in [1.54, 1.807) is 17.3 Å². The van der Waals surface area contributed by atoms with Crippen molar-refractivity contribution in [3.8, 4) is 11.3 Å². The highest BCUT2D eigenvalue weighted by Crippen LogP contribution is 2.26. The summed E-state index contributed by atoms with van der Waals surface area (Å²) >= 11 is 0. The van der Waals surface area contributed by atoms with Crippen LogP contribution in [0, 0.1) is 17.5 Å². The third-order valence-corrected chi connectivity index (χ3v) is 4.94. The lowest BCUT2D eigenvalue weighted by atomic mass is 10.0. The Balaban J connectivity index is 1.50. The maximum Gasteiger partial charge on any atom is 0.227 e. The summed E-state index contributed by atoms with van der Waals surface area (Å²) in [7, 11) is 0. The molecule has 0 aliphatic carbocycles. The topological polar surface area (TPSA) is 61.9 Å². The number of carbonyl (C=O) groups excluding carboxylic acids is 1. The zero-order valence-corrected chi connectivity index (χ0v) is 14.9. The number of hydrogen-bond acceptors (Lipinski definition) is 3. The summed E-state index contributed by atoms with van der Waals surface area (Å²) in [6.07, 6.45) is 4.09. The number of carbonyl (C=O) groups is 1. The van der Waals surface area contributed by atoms with Crippen LogP contribution in [0.4, 0.5) is 13.2 Å². The van der Waals surface area contributed by atoms with Gasteiger partial charge >= 0.3 is 0 Å². The first-order valence-corrected chi connectivity index (χ1v) is 8.90. The third-order valence-electron chi connectivity index (χ3n) is 4.94. The molecule has 3 heterocycles. The van der Waals surface area contributed by atoms with Gasteiger partial charge < -0.3 is 4.90 Å². The highest BCUT2D eigenvalue weighted by molar-refractivity contribution is 5.79. The van der Waals surface area contributed by atoms with Gasteiger partial charge in [-0.15, -0.1) is 0 Å². The number of nitrogens with zero attached hydrogens (tertiary/aromatic N) is 3. The van der Waals surface area contributed by atoms with Crippen molar-refractivity contribution in [2.45, 2.75) is 19.3 Å². The molecule has 0 unspecified atom stereocenters. The Hall–Kier alpha value is -3.16. The Morgan fingerprint density at radius 3 is 2.61 bits per heavy atom. The molecular formula is C20H17F3N4O. The van der Waals surface area contributed by atoms with E-state index in [2.05, 4.69) is 15.2 Å². The zero-order chi connectivity index (χ0) is 19.7. The van der Waals surface area contributed by atoms with Crippen molar-refractivity contribution < 1.29 is 18.0 Å². The smallest absolute Gasteiger partial charge is 0.227 e. The molecule has 0 saturated heterocycles. The van der Waals surface area contributed by atoms with Crippen molar-refractivity contribution in [2.75, 3.05) is 13.1 Å². The summed E-state index contributed by atoms with van der Waals surface area (Å²) in [5, 5.41) is 7.40. The number of halogens is 3. The number of amides is 1. The Bertz CT molecular complexity index is 997. The van der Waals surface area contributed by atoms with Gasteiger partial charge in [0.05, 0.1) is 12.1 Å². The SMILES string of the molecule is O=C(Cc1c(F)cc(F)cc1F)N1CCc2[nH]nc(-c3cccnc3)c2CC1. The first-order chi connectivity index (χ1) is 13.5. The standard InChI is InChI=1S/C20H17F3N4O/c21-13-8-16(22)15(17(23)9-13)10-19(28)27-6-3-14-18(4-7-27)25-26-20(14)12-2-1-5-24-11-12/h1-2,5,8-9,11H,3-4,6-7,10H2,(H,25,26). The molecule has 2 aromatic heterocycles. The van der Waals surface area contributed by atoms with Crippen LogP contribution in [-0.2, 0) is 24.1 Å². The molecule has 0 bridgehead atoms. The molecule has 0 radical (unpaired) electrons. The molecule has 28 heavy (non-hydrogen) atoms. The van der Waals surface area contributed by atoms with E-state index in [1.807, 2.05) is 12.1 Å². The monoisotopic (exact) mass is 386 g/mol. The van der Waals surface area contributed by atoms with E-state index in [9.17, 15) is 18.0 Å². The van der Waals surface area contributed by atoms with Gasteiger partial charge in [0.25, 0.3) is 0 Å². The van der Waals surface area contributed by atoms with Gasteiger partial charge in [-0.25, -0.2) is 13.2 Å². The number of fused-ring (bicyclic) bond motifs is 1. The molecule has 1 aliphatic rings. The van der Waals surface area contributed by atoms with Crippen molar-refractivity contribution in [1.29, 1.82) is 0 Å². The van der Waals surface area contributed by atoms with Crippen LogP contribution in [0.2, 0.25) is 0 Å². The van der Waals surface area contributed by atoms with E-state index in [0.29, 0.717) is 38.1 Å². The van der Waals surface area contributed by atoms with E-state index in [1.165, 1.54) is 0 Å². The van der Waals surface area contributed by atoms with Crippen LogP contribution in [0.5, 0.6) is 0 Å². The van der Waals surface area contributed by atoms with Crippen LogP contribution >= 0.6 is 0 Å². The number of hydrogen-bond donors (Lipinski definition) is 1. The van der Waals surface area contributed by atoms with Gasteiger partial charge in [-0.3, -0.25) is 14.9 Å². The van der Waals surface area contributed by atoms with Gasteiger partial charge in [0, 0.05) is 66.4 Å². The van der Waals surface area contributed by atoms with E-state index < -0.39 is 35.3 Å². The molecular weight excluding hydrogens is 369 g/mol. The van der Waals surface area contributed by atoms with Crippen molar-refractivity contribution in [1.82, 2.24) is 20.1 Å². The first kappa shape index (κ1) is 18.2. The molecule has 144 valence electrons. The van der Waals surface area contributed by atoms with Crippen LogP contribution in [0.15, 0.2) is 36.7 Å². The summed E-state index contributed by atoms with van der Waals surface area (Å²) < 4.78 is 40.8. The molecule has 0 atom stereocenters. The molecule has 3 aromatic rings. The number of nitrogens with one attached hydrogen (secondary N) is 1. The molecule has 0 saturated carbocycles. The van der Waals surface area contributed by atoms with E-state index in [0.717, 1.165) is 22.5 Å². The molecule has 8 heteroatoms. The highest BCUT2D eigenvalue weighted by atomic mass is 19.1. The number of aromatic nitrogens is 3. The Kier molecular flexibility index (Phi) is 4.85. The van der Waals surface area contributed by atoms with Crippen LogP contribution < -0.4 is 0 Å². The highest BCUT2D eigenvalue weighted by Gasteiger charge is 2.24. The molecule has 1 amide bonds. The maximum absolute atomic E-state index is 13.9. The van der Waals surface area contributed by atoms with E-state index in [4.69, 9.17) is 0 Å². The normalized spacial score (nSPS) is 13.9. The van der Waals surface area contributed by atoms with Crippen LogP contribution in [0.25, 0.3) is 11.3 Å². The minimum Gasteiger partial charge on any atom is -0.342 e. The number of H-pyrrole nitrogens is 1. The lowest BCUT2D eigenvalue weighted by Gasteiger charge is -2.20. The van der Waals surface area contributed by atoms with Crippen LogP contribution in [-0.4, -0.2) is 39.1 Å². The van der Waals surface area contributed by atoms with Crippen molar-refractivity contribution in [3.63, 3.8) is 0 Å². The quantitative estimate of drug-likeness (QED) is 0.753. The lowest BCUT2D eigenvalue weighted by molar-refractivity contribution is -0.130. The molecule has 0 spiro atoms. The fraction of sp³-hybridized carbons (Fsp3) is 0.250. The summed E-state index contributed by atoms with van der Waals surface area (Å²) in [6, 6.07) is 4.92. The van der Waals surface area contributed by atoms with Gasteiger partial charge in [0.1, 0.15) is 17.5 Å². The largest absolute Gasteiger partial charge is 0.342 e. The van der Waals surface area contributed by atoms with E-state index >= 15 is 0 Å². The second kappa shape index (κ2) is 7.46. The molecule has 0 fully saturated rings. The number of rotatable bonds is 3. The average Bonchev–Trinajstić information content (AvgIpc) is 2.96. The molecule has 1 N–H and O–H groups in total. The zero-order valence-electron chi connectivity index (χ0n) is 14.9. The number of aromatic amines is 1. The summed E-state index contributed by atoms with van der Waals surface area (Å²) in [6.45, 7) is 0.813. The second-order valence-corrected chi connectivity index (χ2v) is 6.68. The Labute approximate surface area is 159 Å². The Morgan fingerprint density at radius 1 is 1.14 bits per heavy atom. The lowest BCUT2D eigenvalue weighted by Crippen LogP contribution is -2.35. The predicted octanol–water partition coefficient (Wildman–Crippen LogP) is 3.06. The Morgan fingerprint density at radius 2 is 1.89 bits per heavy atom. The minimum absolute atomic E-state index is 0.398. The fourth-order valence-electron chi connectivity index (χ4n) is 3.48. The van der Waals surface area contributed by atoms with Gasteiger partial charge in [-0.05, 0) is 18.6 Å². The predicted molar refractivity (Wildman–Crippen MR) is 95.8 cm³/mol. The molecule has 1 aliphatic heterocycles. The first-order valence-electron chi connectivity index (χ1n) is 8.90. The van der Waals surface area contributed by atoms with Gasteiger partial charge in [0.2, 0.25) is 5.91 Å². The molecule has 1 aromatic carbocycles.